The first-order chi connectivity index (χ1) is 10.4. The molecule has 2 heterocycles. The van der Waals surface area contributed by atoms with Crippen LogP contribution in [0, 0.1) is 0 Å². The van der Waals surface area contributed by atoms with Crippen LogP contribution < -0.4 is 0 Å². The minimum atomic E-state index is 0.267. The van der Waals surface area contributed by atoms with E-state index >= 15 is 0 Å². The van der Waals surface area contributed by atoms with E-state index in [9.17, 15) is 0 Å². The molecule has 0 aliphatic carbocycles. The van der Waals surface area contributed by atoms with Crippen molar-refractivity contribution in [1.29, 1.82) is 0 Å². The molecule has 1 aromatic carbocycles. The molecule has 1 aromatic heterocycles. The predicted octanol–water partition coefficient (Wildman–Crippen LogP) is 2.47. The lowest BCUT2D eigenvalue weighted by Crippen LogP contribution is -2.29. The highest BCUT2D eigenvalue weighted by Gasteiger charge is 2.25. The van der Waals surface area contributed by atoms with Gasteiger partial charge in [-0.05, 0) is 44.4 Å². The molecular formula is C16H21N3O2. The molecular weight excluding hydrogens is 266 g/mol. The van der Waals surface area contributed by atoms with Crippen molar-refractivity contribution < 1.29 is 9.52 Å². The molecule has 0 radical (unpaired) electrons. The van der Waals surface area contributed by atoms with E-state index in [0.717, 1.165) is 24.9 Å². The maximum absolute atomic E-state index is 8.97. The van der Waals surface area contributed by atoms with Crippen LogP contribution in [-0.2, 0) is 6.54 Å². The van der Waals surface area contributed by atoms with E-state index in [0.29, 0.717) is 24.4 Å². The van der Waals surface area contributed by atoms with E-state index in [-0.39, 0.29) is 6.61 Å². The maximum Gasteiger partial charge on any atom is 0.247 e. The molecule has 2 aromatic rings. The molecule has 5 nitrogen and oxygen atoms in total. The molecule has 1 saturated heterocycles. The zero-order valence-corrected chi connectivity index (χ0v) is 12.1. The van der Waals surface area contributed by atoms with Gasteiger partial charge in [-0.2, -0.15) is 0 Å². The fourth-order valence-corrected chi connectivity index (χ4v) is 2.95. The van der Waals surface area contributed by atoms with E-state index in [1.165, 1.54) is 12.8 Å². The van der Waals surface area contributed by atoms with Gasteiger partial charge < -0.3 is 9.52 Å². The van der Waals surface area contributed by atoms with Gasteiger partial charge in [0.1, 0.15) is 0 Å². The van der Waals surface area contributed by atoms with Crippen LogP contribution in [0.5, 0.6) is 0 Å². The molecule has 1 fully saturated rings. The fourth-order valence-electron chi connectivity index (χ4n) is 2.95. The highest BCUT2D eigenvalue weighted by Crippen LogP contribution is 2.24. The molecule has 112 valence electrons. The van der Waals surface area contributed by atoms with Gasteiger partial charge >= 0.3 is 0 Å². The van der Waals surface area contributed by atoms with Gasteiger partial charge in [-0.3, -0.25) is 4.90 Å². The van der Waals surface area contributed by atoms with Crippen molar-refractivity contribution in [1.82, 2.24) is 15.1 Å². The normalized spacial score (nSPS) is 19.2. The summed E-state index contributed by atoms with van der Waals surface area (Å²) in [6.45, 7) is 2.04. The second kappa shape index (κ2) is 6.83. The van der Waals surface area contributed by atoms with E-state index in [4.69, 9.17) is 9.52 Å². The molecule has 3 rings (SSSR count). The van der Waals surface area contributed by atoms with Crippen LogP contribution in [0.2, 0.25) is 0 Å². The average Bonchev–Trinajstić information content (AvgIpc) is 3.16. The zero-order chi connectivity index (χ0) is 14.5. The van der Waals surface area contributed by atoms with Gasteiger partial charge in [0.05, 0.1) is 6.54 Å². The summed E-state index contributed by atoms with van der Waals surface area (Å²) >= 11 is 0. The highest BCUT2D eigenvalue weighted by molar-refractivity contribution is 5.51. The van der Waals surface area contributed by atoms with E-state index < -0.39 is 0 Å². The minimum absolute atomic E-state index is 0.267. The Morgan fingerprint density at radius 1 is 1.24 bits per heavy atom. The van der Waals surface area contributed by atoms with Gasteiger partial charge in [-0.25, -0.2) is 0 Å². The van der Waals surface area contributed by atoms with Crippen molar-refractivity contribution in [2.45, 2.75) is 38.3 Å². The maximum atomic E-state index is 8.97. The first-order valence-electron chi connectivity index (χ1n) is 7.59. The quantitative estimate of drug-likeness (QED) is 0.884. The Kier molecular flexibility index (Phi) is 4.62. The smallest absolute Gasteiger partial charge is 0.247 e. The third-order valence-corrected chi connectivity index (χ3v) is 4.02. The molecule has 0 amide bonds. The van der Waals surface area contributed by atoms with Crippen LogP contribution in [0.1, 0.15) is 31.6 Å². The third-order valence-electron chi connectivity index (χ3n) is 4.02. The standard InChI is InChI=1S/C16H21N3O2/c20-11-5-9-14-8-4-10-19(14)12-15-17-18-16(21-15)13-6-2-1-3-7-13/h1-3,6-7,14,20H,4-5,8-12H2. The number of aliphatic hydroxyl groups excluding tert-OH is 1. The number of likely N-dealkylation sites (tertiary alicyclic amines) is 1. The summed E-state index contributed by atoms with van der Waals surface area (Å²) in [5, 5.41) is 17.3. The summed E-state index contributed by atoms with van der Waals surface area (Å²) in [6.07, 6.45) is 4.30. The number of aromatic nitrogens is 2. The lowest BCUT2D eigenvalue weighted by Gasteiger charge is -2.22. The van der Waals surface area contributed by atoms with Gasteiger partial charge in [-0.1, -0.05) is 18.2 Å². The highest BCUT2D eigenvalue weighted by atomic mass is 16.4. The fraction of sp³-hybridized carbons (Fsp3) is 0.500. The van der Waals surface area contributed by atoms with Crippen molar-refractivity contribution in [3.05, 3.63) is 36.2 Å². The molecule has 5 heteroatoms. The molecule has 0 saturated carbocycles. The summed E-state index contributed by atoms with van der Waals surface area (Å²) in [6, 6.07) is 10.4. The molecule has 1 aliphatic heterocycles. The van der Waals surface area contributed by atoms with Crippen molar-refractivity contribution >= 4 is 0 Å². The van der Waals surface area contributed by atoms with Crippen LogP contribution in [0.25, 0.3) is 11.5 Å². The molecule has 0 bridgehead atoms. The van der Waals surface area contributed by atoms with Crippen molar-refractivity contribution in [2.75, 3.05) is 13.2 Å². The Morgan fingerprint density at radius 3 is 2.90 bits per heavy atom. The first kappa shape index (κ1) is 14.2. The Labute approximate surface area is 124 Å². The van der Waals surface area contributed by atoms with Crippen molar-refractivity contribution in [2.24, 2.45) is 0 Å². The summed E-state index contributed by atoms with van der Waals surface area (Å²) in [5.41, 5.74) is 0.953. The van der Waals surface area contributed by atoms with Crippen LogP contribution in [0.4, 0.5) is 0 Å². The number of benzene rings is 1. The zero-order valence-electron chi connectivity index (χ0n) is 12.1. The monoisotopic (exact) mass is 287 g/mol. The van der Waals surface area contributed by atoms with Crippen molar-refractivity contribution in [3.8, 4) is 11.5 Å². The van der Waals surface area contributed by atoms with E-state index in [1.807, 2.05) is 30.3 Å². The van der Waals surface area contributed by atoms with Gasteiger partial charge in [0.2, 0.25) is 11.8 Å². The number of rotatable bonds is 6. The molecule has 1 N–H and O–H groups in total. The molecule has 0 spiro atoms. The molecule has 21 heavy (non-hydrogen) atoms. The summed E-state index contributed by atoms with van der Waals surface area (Å²) in [7, 11) is 0. The van der Waals surface area contributed by atoms with Gasteiger partial charge in [0, 0.05) is 18.2 Å². The van der Waals surface area contributed by atoms with E-state index in [2.05, 4.69) is 15.1 Å². The number of nitrogens with zero attached hydrogens (tertiary/aromatic N) is 3. The second-order valence-corrected chi connectivity index (χ2v) is 5.50. The van der Waals surface area contributed by atoms with Crippen LogP contribution in [-0.4, -0.2) is 39.4 Å². The van der Waals surface area contributed by atoms with Crippen LogP contribution in [0.15, 0.2) is 34.7 Å². The van der Waals surface area contributed by atoms with Crippen molar-refractivity contribution in [3.63, 3.8) is 0 Å². The third kappa shape index (κ3) is 3.49. The Bertz CT molecular complexity index is 556. The predicted molar refractivity (Wildman–Crippen MR) is 79.5 cm³/mol. The van der Waals surface area contributed by atoms with Crippen LogP contribution in [0.3, 0.4) is 0 Å². The first-order valence-corrected chi connectivity index (χ1v) is 7.59. The average molecular weight is 287 g/mol. The summed E-state index contributed by atoms with van der Waals surface area (Å²) < 4.78 is 5.77. The summed E-state index contributed by atoms with van der Waals surface area (Å²) in [5.74, 6) is 1.25. The Balaban J connectivity index is 1.64. The second-order valence-electron chi connectivity index (χ2n) is 5.50. The minimum Gasteiger partial charge on any atom is -0.419 e. The topological polar surface area (TPSA) is 62.4 Å². The lowest BCUT2D eigenvalue weighted by atomic mass is 10.1. The van der Waals surface area contributed by atoms with E-state index in [1.54, 1.807) is 0 Å². The number of hydrogen-bond acceptors (Lipinski definition) is 5. The van der Waals surface area contributed by atoms with Crippen LogP contribution >= 0.6 is 0 Å². The molecule has 1 atom stereocenters. The van der Waals surface area contributed by atoms with Gasteiger partial charge in [0.15, 0.2) is 0 Å². The Morgan fingerprint density at radius 2 is 2.10 bits per heavy atom. The molecule has 1 aliphatic rings. The van der Waals surface area contributed by atoms with Gasteiger partial charge in [0.25, 0.3) is 0 Å². The van der Waals surface area contributed by atoms with Gasteiger partial charge in [-0.15, -0.1) is 10.2 Å². The summed E-state index contributed by atoms with van der Waals surface area (Å²) in [4.78, 5) is 2.39. The molecule has 1 unspecified atom stereocenters. The number of aliphatic hydroxyl groups is 1. The largest absolute Gasteiger partial charge is 0.419 e. The number of hydrogen-bond donors (Lipinski definition) is 1. The Hall–Kier alpha value is -1.72. The SMILES string of the molecule is OCCCC1CCCN1Cc1nnc(-c2ccccc2)o1. The lowest BCUT2D eigenvalue weighted by molar-refractivity contribution is 0.195.